The van der Waals surface area contributed by atoms with Gasteiger partial charge in [0.2, 0.25) is 11.8 Å². The molecule has 2 N–H and O–H groups in total. The number of fused-ring (bicyclic) bond motifs is 1. The maximum Gasteiger partial charge on any atom is 0.231 e. The van der Waals surface area contributed by atoms with Crippen molar-refractivity contribution in [1.82, 2.24) is 0 Å². The minimum absolute atomic E-state index is 0.0490. The van der Waals surface area contributed by atoms with E-state index >= 15 is 0 Å². The highest BCUT2D eigenvalue weighted by Crippen LogP contribution is 2.36. The summed E-state index contributed by atoms with van der Waals surface area (Å²) < 4.78 is 16.0. The molecule has 0 fully saturated rings. The molecule has 27 heavy (non-hydrogen) atoms. The lowest BCUT2D eigenvalue weighted by Gasteiger charge is -2.15. The van der Waals surface area contributed by atoms with Gasteiger partial charge >= 0.3 is 0 Å². The standard InChI is InChI=1S/C19H19ClN2O5/c1-25-16-9-17(26-2)14(8-12(16)20)21-18(23)7-11-10-27-15-6-4-3-5-13(15)22-19(11)24/h3-6,8-9,11H,7,10H2,1-2H3,(H,21,23)(H,22,24)/t11-/m1/s1. The van der Waals surface area contributed by atoms with Crippen molar-refractivity contribution < 1.29 is 23.8 Å². The second-order valence-corrected chi connectivity index (χ2v) is 6.34. The number of halogens is 1. The lowest BCUT2D eigenvalue weighted by molar-refractivity contribution is -0.125. The molecule has 2 aromatic carbocycles. The summed E-state index contributed by atoms with van der Waals surface area (Å²) in [7, 11) is 2.96. The first kappa shape index (κ1) is 18.8. The summed E-state index contributed by atoms with van der Waals surface area (Å²) in [5, 5.41) is 5.84. The average Bonchev–Trinajstić information content (AvgIpc) is 2.81. The molecule has 8 heteroatoms. The molecule has 0 radical (unpaired) electrons. The number of rotatable bonds is 5. The number of ether oxygens (including phenoxy) is 3. The van der Waals surface area contributed by atoms with Crippen LogP contribution in [-0.4, -0.2) is 32.6 Å². The normalized spacial score (nSPS) is 15.7. The lowest BCUT2D eigenvalue weighted by atomic mass is 10.1. The summed E-state index contributed by atoms with van der Waals surface area (Å²) in [6.45, 7) is 0.108. The Kier molecular flexibility index (Phi) is 5.71. The number of carbonyl (C=O) groups is 2. The van der Waals surface area contributed by atoms with Crippen molar-refractivity contribution in [3.05, 3.63) is 41.4 Å². The number of anilines is 2. The average molecular weight is 391 g/mol. The number of nitrogens with one attached hydrogen (secondary N) is 2. The lowest BCUT2D eigenvalue weighted by Crippen LogP contribution is -2.29. The third kappa shape index (κ3) is 4.25. The topological polar surface area (TPSA) is 85.9 Å². The van der Waals surface area contributed by atoms with Crippen molar-refractivity contribution in [3.63, 3.8) is 0 Å². The zero-order valence-corrected chi connectivity index (χ0v) is 15.6. The number of carbonyl (C=O) groups excluding carboxylic acids is 2. The van der Waals surface area contributed by atoms with Crippen molar-refractivity contribution in [2.45, 2.75) is 6.42 Å². The molecule has 0 aliphatic carbocycles. The number of benzene rings is 2. The summed E-state index contributed by atoms with van der Waals surface area (Å²) >= 11 is 6.11. The molecule has 0 spiro atoms. The molecule has 0 bridgehead atoms. The van der Waals surface area contributed by atoms with Crippen LogP contribution in [0.5, 0.6) is 17.2 Å². The number of methoxy groups -OCH3 is 2. The summed E-state index contributed by atoms with van der Waals surface area (Å²) in [6, 6.07) is 10.3. The summed E-state index contributed by atoms with van der Waals surface area (Å²) in [4.78, 5) is 24.9. The van der Waals surface area contributed by atoms with E-state index < -0.39 is 5.92 Å². The van der Waals surface area contributed by atoms with Crippen molar-refractivity contribution in [3.8, 4) is 17.2 Å². The van der Waals surface area contributed by atoms with E-state index in [1.54, 1.807) is 24.3 Å². The van der Waals surface area contributed by atoms with Gasteiger partial charge in [-0.3, -0.25) is 9.59 Å². The molecule has 142 valence electrons. The Morgan fingerprint density at radius 2 is 2.00 bits per heavy atom. The van der Waals surface area contributed by atoms with E-state index in [1.165, 1.54) is 20.3 Å². The van der Waals surface area contributed by atoms with Crippen molar-refractivity contribution in [2.75, 3.05) is 31.5 Å². The van der Waals surface area contributed by atoms with Crippen molar-refractivity contribution in [2.24, 2.45) is 5.92 Å². The fourth-order valence-corrected chi connectivity index (χ4v) is 2.97. The van der Waals surface area contributed by atoms with Crippen LogP contribution in [0.4, 0.5) is 11.4 Å². The quantitative estimate of drug-likeness (QED) is 0.817. The van der Waals surface area contributed by atoms with Crippen LogP contribution < -0.4 is 24.8 Å². The fourth-order valence-electron chi connectivity index (χ4n) is 2.73. The fraction of sp³-hybridized carbons (Fsp3) is 0.263. The smallest absolute Gasteiger partial charge is 0.231 e. The minimum atomic E-state index is -0.628. The van der Waals surface area contributed by atoms with Crippen molar-refractivity contribution in [1.29, 1.82) is 0 Å². The first-order valence-corrected chi connectivity index (χ1v) is 8.63. The van der Waals surface area contributed by atoms with E-state index in [0.29, 0.717) is 33.6 Å². The van der Waals surface area contributed by atoms with Gasteiger partial charge in [-0.1, -0.05) is 23.7 Å². The molecule has 1 aliphatic rings. The van der Waals surface area contributed by atoms with Gasteiger partial charge in [0.05, 0.1) is 36.5 Å². The predicted molar refractivity (Wildman–Crippen MR) is 102 cm³/mol. The van der Waals surface area contributed by atoms with E-state index in [9.17, 15) is 9.59 Å². The largest absolute Gasteiger partial charge is 0.495 e. The Morgan fingerprint density at radius 3 is 2.74 bits per heavy atom. The highest BCUT2D eigenvalue weighted by Gasteiger charge is 2.27. The number of hydrogen-bond donors (Lipinski definition) is 2. The number of amides is 2. The van der Waals surface area contributed by atoms with E-state index in [1.807, 2.05) is 6.07 Å². The monoisotopic (exact) mass is 390 g/mol. The van der Waals surface area contributed by atoms with Crippen LogP contribution in [0, 0.1) is 5.92 Å². The van der Waals surface area contributed by atoms with E-state index in [4.69, 9.17) is 25.8 Å². The molecule has 0 aromatic heterocycles. The first-order valence-electron chi connectivity index (χ1n) is 8.26. The van der Waals surface area contributed by atoms with Gasteiger partial charge in [-0.05, 0) is 18.2 Å². The molecule has 0 saturated heterocycles. The second kappa shape index (κ2) is 8.18. The Balaban J connectivity index is 1.69. The van der Waals surface area contributed by atoms with Gasteiger partial charge in [0, 0.05) is 12.5 Å². The maximum absolute atomic E-state index is 12.5. The molecule has 2 aromatic rings. The van der Waals surface area contributed by atoms with Crippen LogP contribution in [0.25, 0.3) is 0 Å². The first-order chi connectivity index (χ1) is 13.0. The molecular formula is C19H19ClN2O5. The zero-order chi connectivity index (χ0) is 19.4. The van der Waals surface area contributed by atoms with E-state index in [2.05, 4.69) is 10.6 Å². The molecule has 1 heterocycles. The van der Waals surface area contributed by atoms with Gasteiger partial charge in [-0.25, -0.2) is 0 Å². The van der Waals surface area contributed by atoms with E-state index in [0.717, 1.165) is 0 Å². The Morgan fingerprint density at radius 1 is 1.26 bits per heavy atom. The van der Waals surface area contributed by atoms with Crippen LogP contribution >= 0.6 is 11.6 Å². The second-order valence-electron chi connectivity index (χ2n) is 5.93. The van der Waals surface area contributed by atoms with Gasteiger partial charge in [-0.2, -0.15) is 0 Å². The Labute approximate surface area is 161 Å². The SMILES string of the molecule is COc1cc(OC)c(NC(=O)C[C@@H]2COc3ccccc3NC2=O)cc1Cl. The molecule has 7 nitrogen and oxygen atoms in total. The third-order valence-electron chi connectivity index (χ3n) is 4.14. The molecule has 0 unspecified atom stereocenters. The van der Waals surface area contributed by atoms with Crippen LogP contribution in [0.3, 0.4) is 0 Å². The molecule has 1 atom stereocenters. The maximum atomic E-state index is 12.5. The van der Waals surface area contributed by atoms with Gasteiger partial charge in [0.15, 0.2) is 0 Å². The van der Waals surface area contributed by atoms with Gasteiger partial charge in [0.25, 0.3) is 0 Å². The Bertz CT molecular complexity index is 871. The van der Waals surface area contributed by atoms with Crippen LogP contribution in [0.2, 0.25) is 5.02 Å². The number of para-hydroxylation sites is 2. The van der Waals surface area contributed by atoms with Crippen molar-refractivity contribution >= 4 is 34.8 Å². The highest BCUT2D eigenvalue weighted by molar-refractivity contribution is 6.32. The summed E-state index contributed by atoms with van der Waals surface area (Å²) in [5.41, 5.74) is 0.987. The van der Waals surface area contributed by atoms with Gasteiger partial charge < -0.3 is 24.8 Å². The molecule has 3 rings (SSSR count). The molecule has 0 saturated carbocycles. The van der Waals surface area contributed by atoms with Gasteiger partial charge in [0.1, 0.15) is 23.9 Å². The third-order valence-corrected chi connectivity index (χ3v) is 4.43. The molecular weight excluding hydrogens is 372 g/mol. The highest BCUT2D eigenvalue weighted by atomic mass is 35.5. The summed E-state index contributed by atoms with van der Waals surface area (Å²) in [6.07, 6.45) is -0.0490. The van der Waals surface area contributed by atoms with E-state index in [-0.39, 0.29) is 24.8 Å². The molecule has 1 aliphatic heterocycles. The zero-order valence-electron chi connectivity index (χ0n) is 14.9. The Hall–Kier alpha value is -2.93. The van der Waals surface area contributed by atoms with Crippen LogP contribution in [-0.2, 0) is 9.59 Å². The van der Waals surface area contributed by atoms with Crippen LogP contribution in [0.15, 0.2) is 36.4 Å². The predicted octanol–water partition coefficient (Wildman–Crippen LogP) is 3.33. The number of hydrogen-bond acceptors (Lipinski definition) is 5. The summed E-state index contributed by atoms with van der Waals surface area (Å²) in [5.74, 6) is 0.160. The van der Waals surface area contributed by atoms with Gasteiger partial charge in [-0.15, -0.1) is 0 Å². The molecule has 2 amide bonds. The minimum Gasteiger partial charge on any atom is -0.495 e. The van der Waals surface area contributed by atoms with Crippen LogP contribution in [0.1, 0.15) is 6.42 Å².